The molecule has 0 unspecified atom stereocenters. The molecule has 0 aromatic carbocycles. The summed E-state index contributed by atoms with van der Waals surface area (Å²) in [6.45, 7) is 6.09. The first-order valence-corrected chi connectivity index (χ1v) is 4.76. The summed E-state index contributed by atoms with van der Waals surface area (Å²) >= 11 is 0. The van der Waals surface area contributed by atoms with Crippen molar-refractivity contribution < 1.29 is 4.79 Å². The molecule has 0 aromatic heterocycles. The molecule has 1 heteroatoms. The van der Waals surface area contributed by atoms with Crippen molar-refractivity contribution in [3.8, 4) is 0 Å². The molecule has 12 heavy (non-hydrogen) atoms. The lowest BCUT2D eigenvalue weighted by Crippen LogP contribution is -2.36. The van der Waals surface area contributed by atoms with E-state index in [1.165, 1.54) is 6.42 Å². The van der Waals surface area contributed by atoms with Gasteiger partial charge in [-0.25, -0.2) is 0 Å². The van der Waals surface area contributed by atoms with Crippen molar-refractivity contribution in [3.63, 3.8) is 0 Å². The molecule has 0 radical (unpaired) electrons. The van der Waals surface area contributed by atoms with Gasteiger partial charge in [0.2, 0.25) is 0 Å². The Hall–Kier alpha value is -0.590. The minimum Gasteiger partial charge on any atom is -0.299 e. The number of hydrogen-bond acceptors (Lipinski definition) is 1. The van der Waals surface area contributed by atoms with Gasteiger partial charge in [0.1, 0.15) is 5.78 Å². The average Bonchev–Trinajstić information content (AvgIpc) is 2.55. The molecule has 2 aliphatic carbocycles. The Bertz CT molecular complexity index is 254. The summed E-state index contributed by atoms with van der Waals surface area (Å²) < 4.78 is 0. The van der Waals surface area contributed by atoms with Crippen molar-refractivity contribution >= 4 is 5.78 Å². The molecule has 0 aromatic rings. The average molecular weight is 164 g/mol. The molecule has 2 aliphatic rings. The lowest BCUT2D eigenvalue weighted by Gasteiger charge is -2.34. The fourth-order valence-electron chi connectivity index (χ4n) is 2.91. The second-order valence-corrected chi connectivity index (χ2v) is 4.52. The smallest absolute Gasteiger partial charge is 0.136 e. The molecule has 4 atom stereocenters. The van der Waals surface area contributed by atoms with Crippen LogP contribution in [0.15, 0.2) is 12.2 Å². The van der Waals surface area contributed by atoms with Crippen molar-refractivity contribution in [1.29, 1.82) is 0 Å². The van der Waals surface area contributed by atoms with Crippen molar-refractivity contribution in [2.75, 3.05) is 0 Å². The van der Waals surface area contributed by atoms with Gasteiger partial charge in [0.05, 0.1) is 0 Å². The largest absolute Gasteiger partial charge is 0.299 e. The van der Waals surface area contributed by atoms with Gasteiger partial charge in [-0.05, 0) is 31.1 Å². The zero-order chi connectivity index (χ0) is 8.93. The van der Waals surface area contributed by atoms with Crippen LogP contribution in [0.4, 0.5) is 0 Å². The van der Waals surface area contributed by atoms with Gasteiger partial charge in [0.25, 0.3) is 0 Å². The zero-order valence-corrected chi connectivity index (χ0v) is 8.00. The van der Waals surface area contributed by atoms with E-state index in [1.54, 1.807) is 6.92 Å². The molecule has 1 saturated carbocycles. The van der Waals surface area contributed by atoms with Crippen LogP contribution in [0.25, 0.3) is 0 Å². The molecule has 0 amide bonds. The molecule has 0 saturated heterocycles. The molecule has 0 spiro atoms. The summed E-state index contributed by atoms with van der Waals surface area (Å²) in [5.74, 6) is 2.11. The monoisotopic (exact) mass is 164 g/mol. The van der Waals surface area contributed by atoms with E-state index in [1.807, 2.05) is 0 Å². The highest BCUT2D eigenvalue weighted by atomic mass is 16.1. The van der Waals surface area contributed by atoms with E-state index in [4.69, 9.17) is 0 Å². The Morgan fingerprint density at radius 3 is 2.50 bits per heavy atom. The van der Waals surface area contributed by atoms with Crippen LogP contribution in [-0.4, -0.2) is 5.78 Å². The molecular weight excluding hydrogens is 148 g/mol. The first-order valence-electron chi connectivity index (χ1n) is 4.76. The fourth-order valence-corrected chi connectivity index (χ4v) is 2.91. The van der Waals surface area contributed by atoms with Crippen molar-refractivity contribution in [2.24, 2.45) is 23.2 Å². The normalized spacial score (nSPS) is 50.1. The van der Waals surface area contributed by atoms with Crippen LogP contribution in [0.5, 0.6) is 0 Å². The van der Waals surface area contributed by atoms with E-state index in [-0.39, 0.29) is 5.41 Å². The first kappa shape index (κ1) is 8.03. The highest BCUT2D eigenvalue weighted by Crippen LogP contribution is 2.56. The molecule has 0 N–H and O–H groups in total. The van der Waals surface area contributed by atoms with Gasteiger partial charge < -0.3 is 0 Å². The Balaban J connectivity index is 2.39. The molecule has 2 rings (SSSR count). The maximum absolute atomic E-state index is 11.5. The number of rotatable bonds is 1. The summed E-state index contributed by atoms with van der Waals surface area (Å²) in [5.41, 5.74) is -0.0561. The van der Waals surface area contributed by atoms with Crippen LogP contribution < -0.4 is 0 Å². The second-order valence-electron chi connectivity index (χ2n) is 4.52. The summed E-state index contributed by atoms with van der Waals surface area (Å²) in [6.07, 6.45) is 5.74. The SMILES string of the molecule is CC(=O)[C@@]1(C)[C@@H]2C=C[C@@H](C2)[C@@H]1C. The maximum atomic E-state index is 11.5. The van der Waals surface area contributed by atoms with Crippen LogP contribution in [0.2, 0.25) is 0 Å². The predicted octanol–water partition coefficient (Wildman–Crippen LogP) is 2.42. The van der Waals surface area contributed by atoms with Gasteiger partial charge >= 0.3 is 0 Å². The van der Waals surface area contributed by atoms with Crippen molar-refractivity contribution in [1.82, 2.24) is 0 Å². The topological polar surface area (TPSA) is 17.1 Å². The van der Waals surface area contributed by atoms with Gasteiger partial charge in [-0.15, -0.1) is 0 Å². The first-order chi connectivity index (χ1) is 5.56. The van der Waals surface area contributed by atoms with E-state index in [0.717, 1.165) is 0 Å². The van der Waals surface area contributed by atoms with Crippen LogP contribution in [-0.2, 0) is 4.79 Å². The summed E-state index contributed by atoms with van der Waals surface area (Å²) in [5, 5.41) is 0. The van der Waals surface area contributed by atoms with E-state index in [2.05, 4.69) is 26.0 Å². The lowest BCUT2D eigenvalue weighted by molar-refractivity contribution is -0.129. The Morgan fingerprint density at radius 2 is 2.17 bits per heavy atom. The third-order valence-electron chi connectivity index (χ3n) is 4.23. The summed E-state index contributed by atoms with van der Waals surface area (Å²) in [6, 6.07) is 0. The van der Waals surface area contributed by atoms with Crippen molar-refractivity contribution in [3.05, 3.63) is 12.2 Å². The number of fused-ring (bicyclic) bond motifs is 2. The summed E-state index contributed by atoms with van der Waals surface area (Å²) in [4.78, 5) is 11.5. The number of carbonyl (C=O) groups is 1. The van der Waals surface area contributed by atoms with Gasteiger partial charge in [-0.2, -0.15) is 0 Å². The number of ketones is 1. The van der Waals surface area contributed by atoms with E-state index in [0.29, 0.717) is 23.5 Å². The highest BCUT2D eigenvalue weighted by molar-refractivity contribution is 5.83. The standard InChI is InChI=1S/C11H16O/c1-7-9-4-5-10(6-9)11(7,3)8(2)12/h4-5,7,9-10H,6H2,1-3H3/t7-,9-,10+,11-/m0/s1. The molecule has 66 valence electrons. The lowest BCUT2D eigenvalue weighted by atomic mass is 9.68. The number of carbonyl (C=O) groups excluding carboxylic acids is 1. The van der Waals surface area contributed by atoms with Gasteiger partial charge in [0, 0.05) is 5.41 Å². The Morgan fingerprint density at radius 1 is 1.50 bits per heavy atom. The molecule has 1 fully saturated rings. The van der Waals surface area contributed by atoms with Gasteiger partial charge in [-0.3, -0.25) is 4.79 Å². The second kappa shape index (κ2) is 2.21. The predicted molar refractivity (Wildman–Crippen MR) is 48.7 cm³/mol. The maximum Gasteiger partial charge on any atom is 0.136 e. The van der Waals surface area contributed by atoms with Gasteiger partial charge in [-0.1, -0.05) is 26.0 Å². The van der Waals surface area contributed by atoms with Crippen LogP contribution >= 0.6 is 0 Å². The number of hydrogen-bond donors (Lipinski definition) is 0. The van der Waals surface area contributed by atoms with Crippen LogP contribution in [0, 0.1) is 23.2 Å². The third-order valence-corrected chi connectivity index (χ3v) is 4.23. The number of allylic oxidation sites excluding steroid dienone is 2. The molecular formula is C11H16O. The number of Topliss-reactive ketones (excluding diaryl/α,β-unsaturated/α-hetero) is 1. The third kappa shape index (κ3) is 0.720. The summed E-state index contributed by atoms with van der Waals surface area (Å²) in [7, 11) is 0. The minimum absolute atomic E-state index is 0.0561. The van der Waals surface area contributed by atoms with Crippen LogP contribution in [0.1, 0.15) is 27.2 Å². The highest BCUT2D eigenvalue weighted by Gasteiger charge is 2.53. The van der Waals surface area contributed by atoms with Gasteiger partial charge in [0.15, 0.2) is 0 Å². The van der Waals surface area contributed by atoms with E-state index < -0.39 is 0 Å². The molecule has 1 nitrogen and oxygen atoms in total. The molecule has 0 heterocycles. The Kier molecular flexibility index (Phi) is 1.48. The Labute approximate surface area is 73.8 Å². The zero-order valence-electron chi connectivity index (χ0n) is 8.00. The van der Waals surface area contributed by atoms with E-state index in [9.17, 15) is 4.79 Å². The molecule has 0 aliphatic heterocycles. The molecule has 2 bridgehead atoms. The van der Waals surface area contributed by atoms with Crippen molar-refractivity contribution in [2.45, 2.75) is 27.2 Å². The van der Waals surface area contributed by atoms with E-state index >= 15 is 0 Å². The van der Waals surface area contributed by atoms with Crippen LogP contribution in [0.3, 0.4) is 0 Å². The quantitative estimate of drug-likeness (QED) is 0.544. The fraction of sp³-hybridized carbons (Fsp3) is 0.727. The minimum atomic E-state index is -0.0561.